The summed E-state index contributed by atoms with van der Waals surface area (Å²) in [5.74, 6) is -0.549. The number of aromatic nitrogens is 2. The van der Waals surface area contributed by atoms with E-state index in [9.17, 15) is 9.59 Å². The fourth-order valence-electron chi connectivity index (χ4n) is 1.40. The highest BCUT2D eigenvalue weighted by molar-refractivity contribution is 7.99. The first-order valence-electron chi connectivity index (χ1n) is 6.10. The first-order valence-corrected chi connectivity index (χ1v) is 7.09. The van der Waals surface area contributed by atoms with Crippen LogP contribution in [0, 0.1) is 0 Å². The third kappa shape index (κ3) is 5.04. The number of hydrogen-bond acceptors (Lipinski definition) is 5. The van der Waals surface area contributed by atoms with Crippen molar-refractivity contribution in [1.82, 2.24) is 9.97 Å². The summed E-state index contributed by atoms with van der Waals surface area (Å²) in [6.07, 6.45) is 1.97. The second-order valence-corrected chi connectivity index (χ2v) is 5.70. The van der Waals surface area contributed by atoms with Crippen LogP contribution in [0.4, 0.5) is 0 Å². The van der Waals surface area contributed by atoms with Gasteiger partial charge in [-0.15, -0.1) is 0 Å². The third-order valence-electron chi connectivity index (χ3n) is 2.63. The van der Waals surface area contributed by atoms with Crippen molar-refractivity contribution < 1.29 is 9.90 Å². The molecule has 0 saturated heterocycles. The Kier molecular flexibility index (Phi) is 5.56. The normalized spacial score (nSPS) is 14.1. The summed E-state index contributed by atoms with van der Waals surface area (Å²) < 4.78 is 0. The van der Waals surface area contributed by atoms with Crippen LogP contribution in [0.25, 0.3) is 0 Å². The second-order valence-electron chi connectivity index (χ2n) is 4.61. The summed E-state index contributed by atoms with van der Waals surface area (Å²) in [5, 5.41) is 9.40. The van der Waals surface area contributed by atoms with Gasteiger partial charge in [0.05, 0.1) is 0 Å². The highest BCUT2D eigenvalue weighted by atomic mass is 32.2. The van der Waals surface area contributed by atoms with Gasteiger partial charge in [-0.25, -0.2) is 4.98 Å². The predicted octanol–water partition coefficient (Wildman–Crippen LogP) is 1.01. The van der Waals surface area contributed by atoms with Crippen LogP contribution in [-0.4, -0.2) is 32.3 Å². The molecule has 1 atom stereocenters. The number of carboxylic acids is 1. The van der Waals surface area contributed by atoms with Gasteiger partial charge in [-0.3, -0.25) is 9.59 Å². The van der Waals surface area contributed by atoms with Crippen LogP contribution in [0.2, 0.25) is 0 Å². The lowest BCUT2D eigenvalue weighted by molar-refractivity contribution is -0.142. The Morgan fingerprint density at radius 3 is 2.89 bits per heavy atom. The predicted molar refractivity (Wildman–Crippen MR) is 74.4 cm³/mol. The van der Waals surface area contributed by atoms with E-state index >= 15 is 0 Å². The molecular weight excluding hydrogens is 266 g/mol. The second kappa shape index (κ2) is 6.72. The number of H-pyrrole nitrogens is 1. The zero-order valence-corrected chi connectivity index (χ0v) is 11.9. The van der Waals surface area contributed by atoms with Crippen molar-refractivity contribution in [3.05, 3.63) is 22.1 Å². The molecule has 0 aliphatic carbocycles. The van der Waals surface area contributed by atoms with E-state index in [1.54, 1.807) is 0 Å². The van der Waals surface area contributed by atoms with Crippen LogP contribution in [0.1, 0.15) is 32.4 Å². The van der Waals surface area contributed by atoms with Crippen molar-refractivity contribution in [2.75, 3.05) is 5.75 Å². The van der Waals surface area contributed by atoms with Gasteiger partial charge in [-0.2, -0.15) is 0 Å². The van der Waals surface area contributed by atoms with Gasteiger partial charge in [0.15, 0.2) is 5.16 Å². The van der Waals surface area contributed by atoms with E-state index in [2.05, 4.69) is 9.97 Å². The Balaban J connectivity index is 2.63. The average molecular weight is 285 g/mol. The minimum atomic E-state index is -1.26. The molecular formula is C12H19N3O3S. The van der Waals surface area contributed by atoms with Crippen molar-refractivity contribution >= 4 is 17.7 Å². The Bertz CT molecular complexity index is 499. The molecule has 0 radical (unpaired) electrons. The lowest BCUT2D eigenvalue weighted by atomic mass is 10.0. The molecule has 7 heteroatoms. The van der Waals surface area contributed by atoms with Gasteiger partial charge in [-0.05, 0) is 19.8 Å². The molecule has 0 amide bonds. The highest BCUT2D eigenvalue weighted by Gasteiger charge is 2.27. The van der Waals surface area contributed by atoms with Crippen molar-refractivity contribution in [1.29, 1.82) is 0 Å². The molecule has 0 aliphatic heterocycles. The van der Waals surface area contributed by atoms with E-state index < -0.39 is 11.5 Å². The fourth-order valence-corrected chi connectivity index (χ4v) is 2.48. The molecule has 0 bridgehead atoms. The van der Waals surface area contributed by atoms with E-state index in [0.29, 0.717) is 17.3 Å². The molecule has 0 aromatic carbocycles. The number of aliphatic carboxylic acids is 1. The molecule has 6 nitrogen and oxygen atoms in total. The molecule has 1 heterocycles. The molecule has 106 valence electrons. The lowest BCUT2D eigenvalue weighted by Crippen LogP contribution is -2.45. The zero-order chi connectivity index (χ0) is 14.5. The number of hydrogen-bond donors (Lipinski definition) is 3. The molecule has 19 heavy (non-hydrogen) atoms. The van der Waals surface area contributed by atoms with Gasteiger partial charge in [0.1, 0.15) is 5.54 Å². The highest BCUT2D eigenvalue weighted by Crippen LogP contribution is 2.17. The van der Waals surface area contributed by atoms with Crippen molar-refractivity contribution in [2.24, 2.45) is 5.73 Å². The van der Waals surface area contributed by atoms with Crippen LogP contribution in [0.15, 0.2) is 16.0 Å². The molecule has 1 aromatic heterocycles. The molecule has 0 aliphatic rings. The number of carbonyl (C=O) groups is 1. The maximum absolute atomic E-state index is 11.4. The molecule has 0 saturated carbocycles. The lowest BCUT2D eigenvalue weighted by Gasteiger charge is -2.18. The van der Waals surface area contributed by atoms with E-state index in [0.717, 1.165) is 18.5 Å². The summed E-state index contributed by atoms with van der Waals surface area (Å²) in [6, 6.07) is 1.48. The number of nitrogens with zero attached hydrogens (tertiary/aromatic N) is 1. The number of thioether (sulfide) groups is 1. The monoisotopic (exact) mass is 285 g/mol. The first-order chi connectivity index (χ1) is 8.85. The van der Waals surface area contributed by atoms with Crippen molar-refractivity contribution in [2.45, 2.75) is 43.8 Å². The third-order valence-corrected chi connectivity index (χ3v) is 3.50. The van der Waals surface area contributed by atoms with Crippen LogP contribution in [0.3, 0.4) is 0 Å². The van der Waals surface area contributed by atoms with E-state index in [1.807, 2.05) is 6.92 Å². The molecule has 1 rings (SSSR count). The largest absolute Gasteiger partial charge is 0.480 e. The van der Waals surface area contributed by atoms with Gasteiger partial charge >= 0.3 is 5.97 Å². The van der Waals surface area contributed by atoms with Crippen LogP contribution in [-0.2, 0) is 11.2 Å². The average Bonchev–Trinajstić information content (AvgIpc) is 2.28. The first kappa shape index (κ1) is 15.7. The van der Waals surface area contributed by atoms with Crippen molar-refractivity contribution in [3.8, 4) is 0 Å². The molecule has 0 spiro atoms. The SMILES string of the molecule is CCCc1cc(=O)[nH]c(SCCC(C)(N)C(=O)O)n1. The van der Waals surface area contributed by atoms with E-state index in [1.165, 1.54) is 24.8 Å². The van der Waals surface area contributed by atoms with Crippen LogP contribution >= 0.6 is 11.8 Å². The molecule has 1 aromatic rings. The minimum Gasteiger partial charge on any atom is -0.480 e. The van der Waals surface area contributed by atoms with Gasteiger partial charge in [-0.1, -0.05) is 25.1 Å². The molecule has 4 N–H and O–H groups in total. The maximum Gasteiger partial charge on any atom is 0.323 e. The number of nitrogens with two attached hydrogens (primary N) is 1. The zero-order valence-electron chi connectivity index (χ0n) is 11.1. The van der Waals surface area contributed by atoms with E-state index in [4.69, 9.17) is 10.8 Å². The van der Waals surface area contributed by atoms with Gasteiger partial charge < -0.3 is 15.8 Å². The Morgan fingerprint density at radius 2 is 2.32 bits per heavy atom. The summed E-state index contributed by atoms with van der Waals surface area (Å²) in [7, 11) is 0. The topological polar surface area (TPSA) is 109 Å². The summed E-state index contributed by atoms with van der Waals surface area (Å²) in [5.41, 5.74) is 4.94. The maximum atomic E-state index is 11.4. The van der Waals surface area contributed by atoms with Gasteiger partial charge in [0.2, 0.25) is 0 Å². The number of carboxylic acid groups (broad SMARTS) is 1. The van der Waals surface area contributed by atoms with Crippen molar-refractivity contribution in [3.63, 3.8) is 0 Å². The number of rotatable bonds is 7. The summed E-state index contributed by atoms with van der Waals surface area (Å²) in [6.45, 7) is 3.49. The number of aryl methyl sites for hydroxylation is 1. The molecule has 0 fully saturated rings. The fraction of sp³-hybridized carbons (Fsp3) is 0.583. The molecule has 1 unspecified atom stereocenters. The van der Waals surface area contributed by atoms with Crippen LogP contribution in [0.5, 0.6) is 0 Å². The summed E-state index contributed by atoms with van der Waals surface area (Å²) >= 11 is 1.31. The Hall–Kier alpha value is -1.34. The minimum absolute atomic E-state index is 0.185. The summed E-state index contributed by atoms with van der Waals surface area (Å²) in [4.78, 5) is 29.2. The van der Waals surface area contributed by atoms with E-state index in [-0.39, 0.29) is 5.56 Å². The Labute approximate surface area is 115 Å². The van der Waals surface area contributed by atoms with Crippen LogP contribution < -0.4 is 11.3 Å². The van der Waals surface area contributed by atoms with Gasteiger partial charge in [0.25, 0.3) is 5.56 Å². The smallest absolute Gasteiger partial charge is 0.323 e. The Morgan fingerprint density at radius 1 is 1.63 bits per heavy atom. The number of nitrogens with one attached hydrogen (secondary N) is 1. The van der Waals surface area contributed by atoms with Gasteiger partial charge in [0, 0.05) is 17.5 Å². The quantitative estimate of drug-likeness (QED) is 0.509. The number of aromatic amines is 1. The standard InChI is InChI=1S/C12H19N3O3S/c1-3-4-8-7-9(16)15-11(14-8)19-6-5-12(2,13)10(17)18/h7H,3-6,13H2,1-2H3,(H,17,18)(H,14,15,16).